The van der Waals surface area contributed by atoms with Crippen LogP contribution in [-0.2, 0) is 0 Å². The van der Waals surface area contributed by atoms with Crippen molar-refractivity contribution in [2.45, 2.75) is 44.3 Å². The molecule has 0 saturated carbocycles. The number of nitrogens with one attached hydrogen (secondary N) is 1. The zero-order valence-corrected chi connectivity index (χ0v) is 8.34. The Bertz CT molecular complexity index is 154. The predicted octanol–water partition coefficient (Wildman–Crippen LogP) is 0.509. The maximum atomic E-state index is 5.97. The number of piperidine rings is 2. The lowest BCUT2D eigenvalue weighted by atomic mass is 10.0. The van der Waals surface area contributed by atoms with Crippen LogP contribution in [0, 0.1) is 0 Å². The molecule has 0 amide bonds. The first kappa shape index (κ1) is 9.44. The maximum absolute atomic E-state index is 5.97. The van der Waals surface area contributed by atoms with Crippen LogP contribution >= 0.6 is 0 Å². The fourth-order valence-electron chi connectivity index (χ4n) is 2.43. The highest BCUT2D eigenvalue weighted by Crippen LogP contribution is 2.16. The van der Waals surface area contributed by atoms with Gasteiger partial charge in [-0.2, -0.15) is 0 Å². The number of hydrogen-bond acceptors (Lipinski definition) is 3. The topological polar surface area (TPSA) is 41.3 Å². The SMILES string of the molecule is NC1CCNC(N2CCCCC2)C1. The number of nitrogens with zero attached hydrogens (tertiary/aromatic N) is 1. The van der Waals surface area contributed by atoms with Gasteiger partial charge in [0.15, 0.2) is 0 Å². The van der Waals surface area contributed by atoms with Gasteiger partial charge in [-0.1, -0.05) is 6.42 Å². The molecule has 0 aromatic carbocycles. The lowest BCUT2D eigenvalue weighted by molar-refractivity contribution is 0.107. The molecule has 0 radical (unpaired) electrons. The maximum Gasteiger partial charge on any atom is 0.0612 e. The Morgan fingerprint density at radius 3 is 2.62 bits per heavy atom. The average Bonchev–Trinajstić information content (AvgIpc) is 2.19. The second-order valence-electron chi connectivity index (χ2n) is 4.35. The lowest BCUT2D eigenvalue weighted by Gasteiger charge is -2.39. The van der Waals surface area contributed by atoms with Crippen molar-refractivity contribution in [2.75, 3.05) is 19.6 Å². The summed E-state index contributed by atoms with van der Waals surface area (Å²) in [4.78, 5) is 2.57. The first-order chi connectivity index (χ1) is 6.36. The molecule has 2 rings (SSSR count). The quantitative estimate of drug-likeness (QED) is 0.622. The molecule has 3 heteroatoms. The Labute approximate surface area is 80.7 Å². The smallest absolute Gasteiger partial charge is 0.0612 e. The van der Waals surface area contributed by atoms with E-state index in [-0.39, 0.29) is 0 Å². The van der Waals surface area contributed by atoms with E-state index >= 15 is 0 Å². The lowest BCUT2D eigenvalue weighted by Crippen LogP contribution is -2.54. The van der Waals surface area contributed by atoms with Crippen molar-refractivity contribution in [1.29, 1.82) is 0 Å². The number of hydrogen-bond donors (Lipinski definition) is 2. The number of nitrogens with two attached hydrogens (primary N) is 1. The van der Waals surface area contributed by atoms with E-state index in [0.717, 1.165) is 19.4 Å². The Morgan fingerprint density at radius 2 is 1.92 bits per heavy atom. The molecule has 0 aliphatic carbocycles. The first-order valence-corrected chi connectivity index (χ1v) is 5.59. The minimum absolute atomic E-state index is 0.424. The molecule has 13 heavy (non-hydrogen) atoms. The Balaban J connectivity index is 1.83. The normalized spacial score (nSPS) is 37.6. The van der Waals surface area contributed by atoms with Gasteiger partial charge in [0.1, 0.15) is 0 Å². The van der Waals surface area contributed by atoms with Crippen LogP contribution in [0.5, 0.6) is 0 Å². The van der Waals surface area contributed by atoms with Crippen molar-refractivity contribution in [3.63, 3.8) is 0 Å². The van der Waals surface area contributed by atoms with Gasteiger partial charge in [0, 0.05) is 6.04 Å². The summed E-state index contributed by atoms with van der Waals surface area (Å²) < 4.78 is 0. The van der Waals surface area contributed by atoms with Gasteiger partial charge >= 0.3 is 0 Å². The van der Waals surface area contributed by atoms with Crippen LogP contribution in [0.2, 0.25) is 0 Å². The van der Waals surface area contributed by atoms with Gasteiger partial charge in [0.05, 0.1) is 6.17 Å². The van der Waals surface area contributed by atoms with E-state index in [0.29, 0.717) is 12.2 Å². The fraction of sp³-hybridized carbons (Fsp3) is 1.00. The van der Waals surface area contributed by atoms with E-state index in [4.69, 9.17) is 5.73 Å². The summed E-state index contributed by atoms with van der Waals surface area (Å²) in [6.45, 7) is 3.64. The molecule has 0 spiro atoms. The van der Waals surface area contributed by atoms with E-state index in [1.165, 1.54) is 32.4 Å². The van der Waals surface area contributed by atoms with Crippen LogP contribution in [0.15, 0.2) is 0 Å². The molecule has 0 aromatic rings. The van der Waals surface area contributed by atoms with Crippen molar-refractivity contribution in [3.05, 3.63) is 0 Å². The fourth-order valence-corrected chi connectivity index (χ4v) is 2.43. The summed E-state index contributed by atoms with van der Waals surface area (Å²) in [5, 5.41) is 3.57. The van der Waals surface area contributed by atoms with Gasteiger partial charge in [-0.05, 0) is 45.3 Å². The van der Waals surface area contributed by atoms with Gasteiger partial charge in [0.25, 0.3) is 0 Å². The molecular formula is C10H21N3. The Morgan fingerprint density at radius 1 is 1.15 bits per heavy atom. The van der Waals surface area contributed by atoms with E-state index in [1.54, 1.807) is 0 Å². The minimum Gasteiger partial charge on any atom is -0.328 e. The molecule has 2 heterocycles. The van der Waals surface area contributed by atoms with Crippen molar-refractivity contribution < 1.29 is 0 Å². The van der Waals surface area contributed by atoms with Gasteiger partial charge in [-0.3, -0.25) is 4.90 Å². The predicted molar refractivity (Wildman–Crippen MR) is 54.4 cm³/mol. The van der Waals surface area contributed by atoms with E-state index in [2.05, 4.69) is 10.2 Å². The summed E-state index contributed by atoms with van der Waals surface area (Å²) in [7, 11) is 0. The first-order valence-electron chi connectivity index (χ1n) is 5.59. The summed E-state index contributed by atoms with van der Waals surface area (Å²) >= 11 is 0. The van der Waals surface area contributed by atoms with E-state index < -0.39 is 0 Å². The van der Waals surface area contributed by atoms with Gasteiger partial charge in [0.2, 0.25) is 0 Å². The Hall–Kier alpha value is -0.120. The highest BCUT2D eigenvalue weighted by atomic mass is 15.3. The summed E-state index contributed by atoms with van der Waals surface area (Å²) in [6, 6.07) is 0.424. The second kappa shape index (κ2) is 4.40. The van der Waals surface area contributed by atoms with Crippen LogP contribution in [0.25, 0.3) is 0 Å². The molecular weight excluding hydrogens is 162 g/mol. The molecule has 2 atom stereocenters. The van der Waals surface area contributed by atoms with Crippen molar-refractivity contribution in [3.8, 4) is 0 Å². The third-order valence-electron chi connectivity index (χ3n) is 3.25. The largest absolute Gasteiger partial charge is 0.328 e. The summed E-state index contributed by atoms with van der Waals surface area (Å²) in [5.41, 5.74) is 5.97. The third-order valence-corrected chi connectivity index (χ3v) is 3.25. The molecule has 2 aliphatic heterocycles. The van der Waals surface area contributed by atoms with E-state index in [9.17, 15) is 0 Å². The highest BCUT2D eigenvalue weighted by Gasteiger charge is 2.24. The zero-order valence-electron chi connectivity index (χ0n) is 8.34. The third kappa shape index (κ3) is 2.42. The molecule has 76 valence electrons. The zero-order chi connectivity index (χ0) is 9.10. The number of rotatable bonds is 1. The van der Waals surface area contributed by atoms with Gasteiger partial charge < -0.3 is 11.1 Å². The average molecular weight is 183 g/mol. The van der Waals surface area contributed by atoms with Gasteiger partial charge in [-0.15, -0.1) is 0 Å². The monoisotopic (exact) mass is 183 g/mol. The van der Waals surface area contributed by atoms with Crippen molar-refractivity contribution >= 4 is 0 Å². The minimum atomic E-state index is 0.424. The van der Waals surface area contributed by atoms with E-state index in [1.807, 2.05) is 0 Å². The van der Waals surface area contributed by atoms with Crippen molar-refractivity contribution in [2.24, 2.45) is 5.73 Å². The van der Waals surface area contributed by atoms with Crippen molar-refractivity contribution in [1.82, 2.24) is 10.2 Å². The van der Waals surface area contributed by atoms with Crippen LogP contribution in [0.1, 0.15) is 32.1 Å². The summed E-state index contributed by atoms with van der Waals surface area (Å²) in [6.07, 6.45) is 7.00. The van der Waals surface area contributed by atoms with Gasteiger partial charge in [-0.25, -0.2) is 0 Å². The molecule has 2 unspecified atom stereocenters. The molecule has 2 fully saturated rings. The van der Waals surface area contributed by atoms with Crippen LogP contribution < -0.4 is 11.1 Å². The molecule has 3 N–H and O–H groups in total. The standard InChI is InChI=1S/C10H21N3/c11-9-4-5-12-10(8-9)13-6-2-1-3-7-13/h9-10,12H,1-8,11H2. The second-order valence-corrected chi connectivity index (χ2v) is 4.35. The molecule has 0 aromatic heterocycles. The summed E-state index contributed by atoms with van der Waals surface area (Å²) in [5.74, 6) is 0. The highest BCUT2D eigenvalue weighted by molar-refractivity contribution is 4.82. The van der Waals surface area contributed by atoms with Crippen LogP contribution in [0.4, 0.5) is 0 Å². The van der Waals surface area contributed by atoms with Crippen LogP contribution in [-0.4, -0.2) is 36.7 Å². The number of likely N-dealkylation sites (tertiary alicyclic amines) is 1. The molecule has 2 saturated heterocycles. The molecule has 2 aliphatic rings. The molecule has 0 bridgehead atoms. The molecule has 3 nitrogen and oxygen atoms in total. The Kier molecular flexibility index (Phi) is 3.19. The van der Waals surface area contributed by atoms with Crippen LogP contribution in [0.3, 0.4) is 0 Å².